The lowest BCUT2D eigenvalue weighted by molar-refractivity contribution is -0.148. The summed E-state index contributed by atoms with van der Waals surface area (Å²) in [7, 11) is 0. The number of ether oxygens (including phenoxy) is 2. The second-order valence-electron chi connectivity index (χ2n) is 3.77. The van der Waals surface area contributed by atoms with Gasteiger partial charge in [-0.2, -0.15) is 0 Å². The van der Waals surface area contributed by atoms with Crippen LogP contribution < -0.4 is 5.32 Å². The minimum Gasteiger partial charge on any atom is -0.464 e. The van der Waals surface area contributed by atoms with E-state index in [9.17, 15) is 9.18 Å². The van der Waals surface area contributed by atoms with Crippen LogP contribution in [0.25, 0.3) is 0 Å². The molecule has 106 valence electrons. The molecule has 0 saturated carbocycles. The number of benzene rings is 1. The highest BCUT2D eigenvalue weighted by Crippen LogP contribution is 2.19. The van der Waals surface area contributed by atoms with E-state index in [1.165, 1.54) is 12.1 Å². The number of anilines is 1. The zero-order chi connectivity index (χ0) is 14.1. The lowest BCUT2D eigenvalue weighted by Crippen LogP contribution is -2.14. The molecule has 0 aliphatic carbocycles. The number of nitrogens with one attached hydrogen (secondary N) is 1. The Hall–Kier alpha value is -1.33. The molecule has 0 bridgehead atoms. The van der Waals surface area contributed by atoms with Crippen LogP contribution in [0.2, 0.25) is 5.02 Å². The molecule has 1 N–H and O–H groups in total. The third kappa shape index (κ3) is 6.40. The monoisotopic (exact) mass is 289 g/mol. The molecule has 4 nitrogen and oxygen atoms in total. The highest BCUT2D eigenvalue weighted by atomic mass is 35.5. The second kappa shape index (κ2) is 8.72. The van der Waals surface area contributed by atoms with E-state index in [-0.39, 0.29) is 17.6 Å². The van der Waals surface area contributed by atoms with E-state index in [2.05, 4.69) is 5.32 Å². The maximum absolute atomic E-state index is 12.9. The fraction of sp³-hybridized carbons (Fsp3) is 0.462. The Morgan fingerprint density at radius 1 is 1.47 bits per heavy atom. The first kappa shape index (κ1) is 15.7. The number of esters is 1. The summed E-state index contributed by atoms with van der Waals surface area (Å²) in [5, 5.41) is 3.17. The largest absolute Gasteiger partial charge is 0.464 e. The average molecular weight is 290 g/mol. The van der Waals surface area contributed by atoms with Crippen LogP contribution in [0.1, 0.15) is 13.3 Å². The van der Waals surface area contributed by atoms with E-state index in [1.807, 2.05) is 0 Å². The van der Waals surface area contributed by atoms with Crippen molar-refractivity contribution < 1.29 is 18.7 Å². The molecule has 19 heavy (non-hydrogen) atoms. The summed E-state index contributed by atoms with van der Waals surface area (Å²) in [5.74, 6) is -0.800. The zero-order valence-corrected chi connectivity index (χ0v) is 11.5. The molecular formula is C13H17ClFNO3. The van der Waals surface area contributed by atoms with Crippen LogP contribution in [0.4, 0.5) is 10.1 Å². The smallest absolute Gasteiger partial charge is 0.332 e. The molecule has 0 radical (unpaired) electrons. The van der Waals surface area contributed by atoms with Crippen molar-refractivity contribution in [1.82, 2.24) is 0 Å². The Kier molecular flexibility index (Phi) is 7.22. The van der Waals surface area contributed by atoms with Crippen LogP contribution in [0.15, 0.2) is 18.2 Å². The van der Waals surface area contributed by atoms with Gasteiger partial charge < -0.3 is 14.8 Å². The summed E-state index contributed by atoms with van der Waals surface area (Å²) in [6.45, 7) is 3.16. The first-order valence-electron chi connectivity index (χ1n) is 6.05. The van der Waals surface area contributed by atoms with Gasteiger partial charge in [-0.1, -0.05) is 11.6 Å². The van der Waals surface area contributed by atoms with Gasteiger partial charge in [0.1, 0.15) is 12.4 Å². The molecule has 0 aliphatic heterocycles. The van der Waals surface area contributed by atoms with Gasteiger partial charge in [0.15, 0.2) is 0 Å². The molecule has 1 aromatic rings. The van der Waals surface area contributed by atoms with Gasteiger partial charge in [-0.3, -0.25) is 0 Å². The SMILES string of the molecule is CCOC(=O)COCCCNc1ccc(F)c(Cl)c1. The highest BCUT2D eigenvalue weighted by molar-refractivity contribution is 6.31. The van der Waals surface area contributed by atoms with Gasteiger partial charge >= 0.3 is 5.97 Å². The number of carbonyl (C=O) groups excluding carboxylic acids is 1. The first-order valence-corrected chi connectivity index (χ1v) is 6.43. The second-order valence-corrected chi connectivity index (χ2v) is 4.17. The molecule has 0 spiro atoms. The van der Waals surface area contributed by atoms with Gasteiger partial charge in [0.25, 0.3) is 0 Å². The lowest BCUT2D eigenvalue weighted by atomic mass is 10.3. The topological polar surface area (TPSA) is 47.6 Å². The van der Waals surface area contributed by atoms with E-state index < -0.39 is 5.82 Å². The van der Waals surface area contributed by atoms with Crippen molar-refractivity contribution in [1.29, 1.82) is 0 Å². The van der Waals surface area contributed by atoms with Crippen molar-refractivity contribution in [3.8, 4) is 0 Å². The summed E-state index contributed by atoms with van der Waals surface area (Å²) < 4.78 is 22.7. The molecule has 6 heteroatoms. The summed E-state index contributed by atoms with van der Waals surface area (Å²) in [6.07, 6.45) is 0.717. The van der Waals surface area contributed by atoms with E-state index in [0.29, 0.717) is 26.2 Å². The summed E-state index contributed by atoms with van der Waals surface area (Å²) >= 11 is 5.65. The minimum absolute atomic E-state index is 0.0315. The Labute approximate surface area is 116 Å². The van der Waals surface area contributed by atoms with E-state index in [0.717, 1.165) is 5.69 Å². The maximum atomic E-state index is 12.9. The number of carbonyl (C=O) groups is 1. The Morgan fingerprint density at radius 2 is 2.26 bits per heavy atom. The Morgan fingerprint density at radius 3 is 2.95 bits per heavy atom. The Bertz CT molecular complexity index is 415. The molecular weight excluding hydrogens is 273 g/mol. The molecule has 1 rings (SSSR count). The van der Waals surface area contributed by atoms with Crippen molar-refractivity contribution in [2.75, 3.05) is 31.7 Å². The molecule has 0 amide bonds. The summed E-state index contributed by atoms with van der Waals surface area (Å²) in [6, 6.07) is 4.44. The third-order valence-electron chi connectivity index (χ3n) is 2.24. The van der Waals surface area contributed by atoms with Crippen LogP contribution in [-0.4, -0.2) is 32.3 Å². The van der Waals surface area contributed by atoms with Gasteiger partial charge in [-0.25, -0.2) is 9.18 Å². The van der Waals surface area contributed by atoms with Gasteiger partial charge in [-0.15, -0.1) is 0 Å². The van der Waals surface area contributed by atoms with E-state index in [4.69, 9.17) is 21.1 Å². The predicted octanol–water partition coefficient (Wildman–Crippen LogP) is 2.86. The normalized spacial score (nSPS) is 10.3. The van der Waals surface area contributed by atoms with Gasteiger partial charge in [-0.05, 0) is 31.5 Å². The van der Waals surface area contributed by atoms with Crippen LogP contribution in [0.5, 0.6) is 0 Å². The number of rotatable bonds is 8. The minimum atomic E-state index is -0.440. The lowest BCUT2D eigenvalue weighted by Gasteiger charge is -2.07. The van der Waals surface area contributed by atoms with Crippen LogP contribution in [-0.2, 0) is 14.3 Å². The third-order valence-corrected chi connectivity index (χ3v) is 2.53. The molecule has 0 fully saturated rings. The average Bonchev–Trinajstić information content (AvgIpc) is 2.38. The molecule has 0 heterocycles. The number of halogens is 2. The van der Waals surface area contributed by atoms with E-state index >= 15 is 0 Å². The fourth-order valence-corrected chi connectivity index (χ4v) is 1.55. The molecule has 0 unspecified atom stereocenters. The van der Waals surface area contributed by atoms with Crippen molar-refractivity contribution >= 4 is 23.3 Å². The zero-order valence-electron chi connectivity index (χ0n) is 10.7. The summed E-state index contributed by atoms with van der Waals surface area (Å²) in [4.78, 5) is 11.0. The van der Waals surface area contributed by atoms with Crippen molar-refractivity contribution in [3.63, 3.8) is 0 Å². The summed E-state index contributed by atoms with van der Waals surface area (Å²) in [5.41, 5.74) is 0.747. The van der Waals surface area contributed by atoms with Gasteiger partial charge in [0.2, 0.25) is 0 Å². The van der Waals surface area contributed by atoms with Crippen molar-refractivity contribution in [2.24, 2.45) is 0 Å². The standard InChI is InChI=1S/C13H17ClFNO3/c1-2-19-13(17)9-18-7-3-6-16-10-4-5-12(15)11(14)8-10/h4-5,8,16H,2-3,6-7,9H2,1H3. The van der Waals surface area contributed by atoms with Crippen LogP contribution in [0.3, 0.4) is 0 Å². The number of hydrogen-bond donors (Lipinski definition) is 1. The molecule has 1 aromatic carbocycles. The highest BCUT2D eigenvalue weighted by Gasteiger charge is 2.02. The van der Waals surface area contributed by atoms with E-state index in [1.54, 1.807) is 13.0 Å². The quantitative estimate of drug-likeness (QED) is 0.590. The van der Waals surface area contributed by atoms with Gasteiger partial charge in [0, 0.05) is 18.8 Å². The van der Waals surface area contributed by atoms with Crippen molar-refractivity contribution in [2.45, 2.75) is 13.3 Å². The molecule has 0 aromatic heterocycles. The van der Waals surface area contributed by atoms with Crippen molar-refractivity contribution in [3.05, 3.63) is 29.0 Å². The molecule has 0 aliphatic rings. The predicted molar refractivity (Wildman–Crippen MR) is 72.0 cm³/mol. The van der Waals surface area contributed by atoms with Gasteiger partial charge in [0.05, 0.1) is 11.6 Å². The fourth-order valence-electron chi connectivity index (χ4n) is 1.37. The molecule has 0 atom stereocenters. The van der Waals surface area contributed by atoms with Crippen LogP contribution in [0, 0.1) is 5.82 Å². The first-order chi connectivity index (χ1) is 9.13. The maximum Gasteiger partial charge on any atom is 0.332 e. The Balaban J connectivity index is 2.10. The van der Waals surface area contributed by atoms with Crippen LogP contribution >= 0.6 is 11.6 Å². The number of hydrogen-bond acceptors (Lipinski definition) is 4. The molecule has 0 saturated heterocycles.